The molecule has 0 aromatic carbocycles. The molecule has 34 valence electrons. The Kier molecular flexibility index (Phi) is 0.953. The van der Waals surface area contributed by atoms with Gasteiger partial charge >= 0.3 is 6.07 Å². The molecule has 0 aromatic rings. The van der Waals surface area contributed by atoms with E-state index in [9.17, 15) is 0 Å². The third-order valence-corrected chi connectivity index (χ3v) is 0.708. The van der Waals surface area contributed by atoms with Gasteiger partial charge in [0, 0.05) is 6.42 Å². The molecule has 0 saturated heterocycles. The van der Waals surface area contributed by atoms with Gasteiger partial charge in [-0.2, -0.15) is 0 Å². The van der Waals surface area contributed by atoms with Gasteiger partial charge in [-0.3, -0.25) is 0 Å². The molecule has 0 fully saturated rings. The molecular formula is C6H6N+. The maximum atomic E-state index is 3.68. The molecular weight excluding hydrogens is 86.1 g/mol. The molecule has 0 aromatic heterocycles. The van der Waals surface area contributed by atoms with Crippen molar-refractivity contribution >= 4 is 0 Å². The van der Waals surface area contributed by atoms with Crippen LogP contribution in [0, 0.1) is 6.07 Å². The van der Waals surface area contributed by atoms with Crippen LogP contribution < -0.4 is 0 Å². The van der Waals surface area contributed by atoms with Gasteiger partial charge in [-0.05, 0) is 11.4 Å². The normalized spacial score (nSPS) is 13.4. The summed E-state index contributed by atoms with van der Waals surface area (Å²) in [5.74, 6) is 0. The van der Waals surface area contributed by atoms with Crippen molar-refractivity contribution in [3.8, 4) is 6.07 Å². The van der Waals surface area contributed by atoms with Crippen LogP contribution in [0.25, 0.3) is 4.85 Å². The first kappa shape index (κ1) is 4.14. The Morgan fingerprint density at radius 3 is 3.14 bits per heavy atom. The van der Waals surface area contributed by atoms with Gasteiger partial charge in [-0.15, -0.1) is 0 Å². The van der Waals surface area contributed by atoms with Crippen molar-refractivity contribution in [1.82, 2.24) is 0 Å². The smallest absolute Gasteiger partial charge is 0.0609 e. The average molecular weight is 92.1 g/mol. The topological polar surface area (TPSA) is 4.36 Å². The minimum absolute atomic E-state index is 1.07. The summed E-state index contributed by atoms with van der Waals surface area (Å²) in [7, 11) is 0. The summed E-state index contributed by atoms with van der Waals surface area (Å²) >= 11 is 0. The van der Waals surface area contributed by atoms with Crippen molar-refractivity contribution < 1.29 is 0 Å². The van der Waals surface area contributed by atoms with Gasteiger partial charge < -0.3 is 0 Å². The first-order chi connectivity index (χ1) is 3.43. The summed E-state index contributed by atoms with van der Waals surface area (Å²) < 4.78 is 0. The number of hydrogen-bond acceptors (Lipinski definition) is 0. The fourth-order valence-corrected chi connectivity index (χ4v) is 0.271. The molecule has 0 bridgehead atoms. The lowest BCUT2D eigenvalue weighted by Crippen LogP contribution is -1.42. The van der Waals surface area contributed by atoms with Crippen LogP contribution in [0.1, 0.15) is 6.42 Å². The molecule has 7 heavy (non-hydrogen) atoms. The molecule has 0 aliphatic heterocycles. The average Bonchev–Trinajstić information content (AvgIpc) is 2.42. The number of allylic oxidation sites excluding steroid dienone is 2. The highest BCUT2D eigenvalue weighted by molar-refractivity contribution is 5.39. The largest absolute Gasteiger partial charge is 0.315 e. The summed E-state index contributed by atoms with van der Waals surface area (Å²) in [5, 5.41) is 0. The highest BCUT2D eigenvalue weighted by Gasteiger charge is 2.08. The second-order valence-corrected chi connectivity index (χ2v) is 1.36. The number of hydrogen-bond donors (Lipinski definition) is 0. The van der Waals surface area contributed by atoms with Crippen LogP contribution in [-0.2, 0) is 0 Å². The van der Waals surface area contributed by atoms with Crippen LogP contribution in [0.5, 0.6) is 0 Å². The van der Waals surface area contributed by atoms with E-state index in [-0.39, 0.29) is 0 Å². The van der Waals surface area contributed by atoms with E-state index in [4.69, 9.17) is 0 Å². The molecule has 1 heteroatoms. The summed E-state index contributed by atoms with van der Waals surface area (Å²) in [5.41, 5.74) is 1.19. The van der Waals surface area contributed by atoms with Crippen LogP contribution in [0.4, 0.5) is 0 Å². The molecule has 0 amide bonds. The van der Waals surface area contributed by atoms with E-state index in [1.54, 1.807) is 0 Å². The Bertz CT molecular complexity index is 166. The van der Waals surface area contributed by atoms with Crippen molar-refractivity contribution in [2.45, 2.75) is 6.42 Å². The van der Waals surface area contributed by atoms with Gasteiger partial charge in [0.25, 0.3) is 6.20 Å². The van der Waals surface area contributed by atoms with E-state index < -0.39 is 0 Å². The lowest BCUT2D eigenvalue weighted by atomic mass is 10.6. The predicted octanol–water partition coefficient (Wildman–Crippen LogP) is 1.79. The SMILES string of the molecule is C=C[N+]#CC1=CC1. The molecule has 0 atom stereocenters. The van der Waals surface area contributed by atoms with Crippen LogP contribution in [0.3, 0.4) is 0 Å². The van der Waals surface area contributed by atoms with Crippen molar-refractivity contribution in [3.05, 3.63) is 29.3 Å². The van der Waals surface area contributed by atoms with E-state index in [1.807, 2.05) is 0 Å². The second-order valence-electron chi connectivity index (χ2n) is 1.36. The lowest BCUT2D eigenvalue weighted by Gasteiger charge is -1.43. The Morgan fingerprint density at radius 1 is 2.00 bits per heavy atom. The summed E-state index contributed by atoms with van der Waals surface area (Å²) in [6.07, 6.45) is 4.61. The number of rotatable bonds is 0. The maximum absolute atomic E-state index is 3.68. The van der Waals surface area contributed by atoms with Crippen LogP contribution in [-0.4, -0.2) is 0 Å². The quantitative estimate of drug-likeness (QED) is 0.429. The predicted molar refractivity (Wildman–Crippen MR) is 30.1 cm³/mol. The van der Waals surface area contributed by atoms with Crippen molar-refractivity contribution in [2.24, 2.45) is 0 Å². The summed E-state index contributed by atoms with van der Waals surface area (Å²) in [6.45, 7) is 3.40. The molecule has 1 rings (SSSR count). The Labute approximate surface area is 42.8 Å². The van der Waals surface area contributed by atoms with E-state index in [0.29, 0.717) is 0 Å². The summed E-state index contributed by atoms with van der Waals surface area (Å²) in [6, 6.07) is 2.77. The molecule has 0 heterocycles. The van der Waals surface area contributed by atoms with Gasteiger partial charge in [0.1, 0.15) is 0 Å². The van der Waals surface area contributed by atoms with Gasteiger partial charge in [0.05, 0.1) is 5.57 Å². The van der Waals surface area contributed by atoms with Crippen molar-refractivity contribution in [2.75, 3.05) is 0 Å². The summed E-state index contributed by atoms with van der Waals surface area (Å²) in [4.78, 5) is 3.68. The third-order valence-electron chi connectivity index (χ3n) is 0.708. The zero-order chi connectivity index (χ0) is 5.11. The fourth-order valence-electron chi connectivity index (χ4n) is 0.271. The molecule has 1 aliphatic rings. The van der Waals surface area contributed by atoms with Crippen molar-refractivity contribution in [3.63, 3.8) is 0 Å². The highest BCUT2D eigenvalue weighted by Crippen LogP contribution is 2.15. The van der Waals surface area contributed by atoms with Gasteiger partial charge in [0.15, 0.2) is 0 Å². The van der Waals surface area contributed by atoms with E-state index in [2.05, 4.69) is 23.6 Å². The lowest BCUT2D eigenvalue weighted by molar-refractivity contribution is 1.62. The van der Waals surface area contributed by atoms with Crippen LogP contribution in [0.15, 0.2) is 24.4 Å². The van der Waals surface area contributed by atoms with Crippen molar-refractivity contribution in [1.29, 1.82) is 0 Å². The number of nitrogens with zero attached hydrogens (tertiary/aromatic N) is 1. The minimum Gasteiger partial charge on any atom is -0.0609 e. The van der Waals surface area contributed by atoms with Crippen LogP contribution >= 0.6 is 0 Å². The zero-order valence-electron chi connectivity index (χ0n) is 4.02. The monoisotopic (exact) mass is 92.0 g/mol. The molecule has 0 spiro atoms. The highest BCUT2D eigenvalue weighted by atomic mass is 14.6. The molecule has 0 saturated carbocycles. The first-order valence-corrected chi connectivity index (χ1v) is 2.19. The molecule has 0 unspecified atom stereocenters. The van der Waals surface area contributed by atoms with Gasteiger partial charge in [-0.1, -0.05) is 6.08 Å². The third kappa shape index (κ3) is 1.23. The molecule has 1 nitrogen and oxygen atoms in total. The van der Waals surface area contributed by atoms with Gasteiger partial charge in [0.2, 0.25) is 0 Å². The van der Waals surface area contributed by atoms with E-state index in [0.717, 1.165) is 6.42 Å². The fraction of sp³-hybridized carbons (Fsp3) is 0.167. The first-order valence-electron chi connectivity index (χ1n) is 2.19. The molecule has 0 radical (unpaired) electrons. The minimum atomic E-state index is 1.07. The Morgan fingerprint density at radius 2 is 2.71 bits per heavy atom. The standard InChI is InChI=1S/C6H6N/c1-2-7-5-6-3-4-6/h2-3H,1,4H2/q+1. The zero-order valence-corrected chi connectivity index (χ0v) is 4.02. The maximum Gasteiger partial charge on any atom is 0.315 e. The Balaban J connectivity index is 2.44. The molecule has 1 aliphatic carbocycles. The Hall–Kier alpha value is -1.03. The molecule has 0 N–H and O–H groups in total. The van der Waals surface area contributed by atoms with E-state index in [1.165, 1.54) is 11.8 Å². The van der Waals surface area contributed by atoms with Gasteiger partial charge in [-0.25, -0.2) is 0 Å². The second kappa shape index (κ2) is 1.61. The van der Waals surface area contributed by atoms with E-state index >= 15 is 0 Å². The van der Waals surface area contributed by atoms with Crippen LogP contribution in [0.2, 0.25) is 0 Å².